The van der Waals surface area contributed by atoms with Crippen LogP contribution in [0.3, 0.4) is 0 Å². The number of aromatic hydroxyl groups is 2. The van der Waals surface area contributed by atoms with Gasteiger partial charge in [0.15, 0.2) is 0 Å². The van der Waals surface area contributed by atoms with Crippen LogP contribution in [-0.4, -0.2) is 10.2 Å². The Morgan fingerprint density at radius 2 is 1.36 bits per heavy atom. The maximum atomic E-state index is 9.94. The van der Waals surface area contributed by atoms with Crippen LogP contribution in [0, 0.1) is 0 Å². The molecule has 0 aliphatic rings. The Hall–Kier alpha value is -3.14. The standard InChI is InChI=1S/C18H16N2O2/c19-14-10-12(6-8-15(14)21)13-7-9-16(22)18(20)17(13)11-4-2-1-3-5-11/h1-10,21-22H,19-20H2. The molecule has 110 valence electrons. The molecule has 0 aliphatic carbocycles. The molecule has 0 saturated carbocycles. The third-order valence-corrected chi connectivity index (χ3v) is 3.62. The first-order chi connectivity index (χ1) is 10.6. The summed E-state index contributed by atoms with van der Waals surface area (Å²) in [5.74, 6) is 0.0751. The second kappa shape index (κ2) is 5.33. The first kappa shape index (κ1) is 13.8. The summed E-state index contributed by atoms with van der Waals surface area (Å²) in [5, 5.41) is 19.5. The summed E-state index contributed by atoms with van der Waals surface area (Å²) in [5.41, 5.74) is 15.8. The van der Waals surface area contributed by atoms with Gasteiger partial charge in [-0.25, -0.2) is 0 Å². The van der Waals surface area contributed by atoms with Gasteiger partial charge in [-0.1, -0.05) is 36.4 Å². The summed E-state index contributed by atoms with van der Waals surface area (Å²) in [4.78, 5) is 0. The minimum atomic E-state index is 0.0364. The maximum absolute atomic E-state index is 9.94. The van der Waals surface area contributed by atoms with Crippen molar-refractivity contribution in [2.75, 3.05) is 11.5 Å². The lowest BCUT2D eigenvalue weighted by atomic mass is 9.92. The molecule has 0 radical (unpaired) electrons. The highest BCUT2D eigenvalue weighted by atomic mass is 16.3. The molecule has 0 unspecified atom stereocenters. The van der Waals surface area contributed by atoms with Gasteiger partial charge in [0, 0.05) is 5.56 Å². The fraction of sp³-hybridized carbons (Fsp3) is 0. The number of phenolic OH excluding ortho intramolecular Hbond substituents is 2. The lowest BCUT2D eigenvalue weighted by Gasteiger charge is -2.15. The number of hydrogen-bond acceptors (Lipinski definition) is 4. The third kappa shape index (κ3) is 2.31. The van der Waals surface area contributed by atoms with Crippen molar-refractivity contribution in [1.82, 2.24) is 0 Å². The van der Waals surface area contributed by atoms with Gasteiger partial charge in [0.25, 0.3) is 0 Å². The van der Waals surface area contributed by atoms with Gasteiger partial charge in [0.05, 0.1) is 11.4 Å². The second-order valence-electron chi connectivity index (χ2n) is 5.06. The molecule has 0 bridgehead atoms. The predicted molar refractivity (Wildman–Crippen MR) is 89.5 cm³/mol. The van der Waals surface area contributed by atoms with E-state index >= 15 is 0 Å². The molecule has 0 fully saturated rings. The average Bonchev–Trinajstić information content (AvgIpc) is 2.53. The first-order valence-electron chi connectivity index (χ1n) is 6.83. The Balaban J connectivity index is 2.28. The number of hydrogen-bond donors (Lipinski definition) is 4. The van der Waals surface area contributed by atoms with Gasteiger partial charge in [-0.05, 0) is 41.0 Å². The van der Waals surface area contributed by atoms with Crippen LogP contribution >= 0.6 is 0 Å². The molecule has 0 spiro atoms. The number of anilines is 2. The summed E-state index contributed by atoms with van der Waals surface area (Å²) in [6, 6.07) is 17.9. The second-order valence-corrected chi connectivity index (χ2v) is 5.06. The van der Waals surface area contributed by atoms with Crippen molar-refractivity contribution >= 4 is 11.4 Å². The van der Waals surface area contributed by atoms with Crippen LogP contribution in [-0.2, 0) is 0 Å². The average molecular weight is 292 g/mol. The van der Waals surface area contributed by atoms with Crippen LogP contribution in [0.4, 0.5) is 11.4 Å². The van der Waals surface area contributed by atoms with Crippen molar-refractivity contribution in [1.29, 1.82) is 0 Å². The highest BCUT2D eigenvalue weighted by Crippen LogP contribution is 2.41. The summed E-state index contributed by atoms with van der Waals surface area (Å²) < 4.78 is 0. The zero-order valence-corrected chi connectivity index (χ0v) is 11.8. The molecule has 0 atom stereocenters. The number of benzene rings is 3. The summed E-state index contributed by atoms with van der Waals surface area (Å²) in [6.07, 6.45) is 0. The van der Waals surface area contributed by atoms with E-state index in [0.717, 1.165) is 22.3 Å². The van der Waals surface area contributed by atoms with Gasteiger partial charge in [-0.2, -0.15) is 0 Å². The van der Waals surface area contributed by atoms with Crippen molar-refractivity contribution < 1.29 is 10.2 Å². The van der Waals surface area contributed by atoms with Crippen LogP contribution in [0.25, 0.3) is 22.3 Å². The van der Waals surface area contributed by atoms with E-state index in [-0.39, 0.29) is 11.5 Å². The van der Waals surface area contributed by atoms with E-state index in [2.05, 4.69) is 0 Å². The lowest BCUT2D eigenvalue weighted by Crippen LogP contribution is -1.95. The largest absolute Gasteiger partial charge is 0.506 e. The summed E-state index contributed by atoms with van der Waals surface area (Å²) in [7, 11) is 0. The zero-order valence-electron chi connectivity index (χ0n) is 11.8. The van der Waals surface area contributed by atoms with Crippen molar-refractivity contribution in [3.63, 3.8) is 0 Å². The molecular formula is C18H16N2O2. The Morgan fingerprint density at radius 3 is 2.05 bits per heavy atom. The Morgan fingerprint density at radius 1 is 0.682 bits per heavy atom. The third-order valence-electron chi connectivity index (χ3n) is 3.62. The minimum absolute atomic E-state index is 0.0364. The van der Waals surface area contributed by atoms with E-state index in [1.165, 1.54) is 0 Å². The summed E-state index contributed by atoms with van der Waals surface area (Å²) in [6.45, 7) is 0. The highest BCUT2D eigenvalue weighted by molar-refractivity contribution is 5.94. The first-order valence-corrected chi connectivity index (χ1v) is 6.83. The molecule has 4 nitrogen and oxygen atoms in total. The van der Waals surface area contributed by atoms with Crippen molar-refractivity contribution in [3.05, 3.63) is 60.7 Å². The van der Waals surface area contributed by atoms with E-state index < -0.39 is 0 Å². The van der Waals surface area contributed by atoms with Gasteiger partial charge in [0.1, 0.15) is 11.5 Å². The fourth-order valence-corrected chi connectivity index (χ4v) is 2.49. The van der Waals surface area contributed by atoms with Gasteiger partial charge in [0.2, 0.25) is 0 Å². The van der Waals surface area contributed by atoms with Crippen LogP contribution in [0.2, 0.25) is 0 Å². The highest BCUT2D eigenvalue weighted by Gasteiger charge is 2.14. The molecule has 3 rings (SSSR count). The summed E-state index contributed by atoms with van der Waals surface area (Å²) >= 11 is 0. The van der Waals surface area contributed by atoms with Crippen LogP contribution in [0.5, 0.6) is 11.5 Å². The molecule has 0 amide bonds. The lowest BCUT2D eigenvalue weighted by molar-refractivity contribution is 0.477. The molecule has 0 saturated heterocycles. The van der Waals surface area contributed by atoms with Crippen LogP contribution < -0.4 is 11.5 Å². The molecule has 0 aromatic heterocycles. The van der Waals surface area contributed by atoms with Gasteiger partial charge < -0.3 is 21.7 Å². The number of nitrogens with two attached hydrogens (primary N) is 2. The molecular weight excluding hydrogens is 276 g/mol. The zero-order chi connectivity index (χ0) is 15.7. The maximum Gasteiger partial charge on any atom is 0.139 e. The molecule has 22 heavy (non-hydrogen) atoms. The van der Waals surface area contributed by atoms with Crippen molar-refractivity contribution in [3.8, 4) is 33.8 Å². The minimum Gasteiger partial charge on any atom is -0.506 e. The Kier molecular flexibility index (Phi) is 3.35. The van der Waals surface area contributed by atoms with E-state index in [1.807, 2.05) is 30.3 Å². The van der Waals surface area contributed by atoms with Gasteiger partial charge >= 0.3 is 0 Å². The number of phenols is 2. The predicted octanol–water partition coefficient (Wildman–Crippen LogP) is 3.60. The fourth-order valence-electron chi connectivity index (χ4n) is 2.49. The van der Waals surface area contributed by atoms with Crippen molar-refractivity contribution in [2.24, 2.45) is 0 Å². The molecule has 6 N–H and O–H groups in total. The molecule has 3 aromatic carbocycles. The van der Waals surface area contributed by atoms with Crippen LogP contribution in [0.15, 0.2) is 60.7 Å². The number of rotatable bonds is 2. The van der Waals surface area contributed by atoms with Crippen LogP contribution in [0.1, 0.15) is 0 Å². The van der Waals surface area contributed by atoms with E-state index in [4.69, 9.17) is 11.5 Å². The Labute approximate surface area is 128 Å². The normalized spacial score (nSPS) is 10.5. The number of nitrogen functional groups attached to an aromatic ring is 2. The molecule has 0 heterocycles. The molecule has 3 aromatic rings. The molecule has 4 heteroatoms. The monoisotopic (exact) mass is 292 g/mol. The smallest absolute Gasteiger partial charge is 0.139 e. The quantitative estimate of drug-likeness (QED) is 0.429. The van der Waals surface area contributed by atoms with E-state index in [9.17, 15) is 10.2 Å². The van der Waals surface area contributed by atoms with E-state index in [1.54, 1.807) is 30.3 Å². The molecule has 0 aliphatic heterocycles. The van der Waals surface area contributed by atoms with E-state index in [0.29, 0.717) is 11.4 Å². The van der Waals surface area contributed by atoms with Gasteiger partial charge in [-0.3, -0.25) is 0 Å². The SMILES string of the molecule is Nc1cc(-c2ccc(O)c(N)c2-c2ccccc2)ccc1O. The topological polar surface area (TPSA) is 92.5 Å². The Bertz CT molecular complexity index is 830. The van der Waals surface area contributed by atoms with Gasteiger partial charge in [-0.15, -0.1) is 0 Å². The van der Waals surface area contributed by atoms with Crippen molar-refractivity contribution in [2.45, 2.75) is 0 Å².